The van der Waals surface area contributed by atoms with Crippen LogP contribution in [0.15, 0.2) is 24.3 Å². The molecule has 1 aliphatic heterocycles. The molecule has 4 nitrogen and oxygen atoms in total. The topological polar surface area (TPSA) is 46.6 Å². The molecule has 164 valence electrons. The first kappa shape index (κ1) is 21.2. The number of amides is 1. The predicted molar refractivity (Wildman–Crippen MR) is 104 cm³/mol. The van der Waals surface area contributed by atoms with Crippen molar-refractivity contribution < 1.29 is 27.5 Å². The van der Waals surface area contributed by atoms with Crippen molar-refractivity contribution >= 4 is 11.9 Å². The molecule has 30 heavy (non-hydrogen) atoms. The zero-order valence-electron chi connectivity index (χ0n) is 17.3. The van der Waals surface area contributed by atoms with Crippen LogP contribution in [0.2, 0.25) is 0 Å². The molecule has 2 aliphatic carbocycles. The van der Waals surface area contributed by atoms with Crippen molar-refractivity contribution in [3.8, 4) is 0 Å². The summed E-state index contributed by atoms with van der Waals surface area (Å²) in [6.45, 7) is 2.64. The molecule has 0 aromatic heterocycles. The van der Waals surface area contributed by atoms with Gasteiger partial charge in [-0.2, -0.15) is 13.2 Å². The fraction of sp³-hybridized carbons (Fsp3) is 0.652. The van der Waals surface area contributed by atoms with Crippen LogP contribution in [0.4, 0.5) is 13.2 Å². The van der Waals surface area contributed by atoms with E-state index in [1.54, 1.807) is 13.0 Å². The normalized spacial score (nSPS) is 24.3. The Morgan fingerprint density at radius 1 is 1.13 bits per heavy atom. The highest BCUT2D eigenvalue weighted by atomic mass is 19.4. The van der Waals surface area contributed by atoms with Crippen molar-refractivity contribution in [3.05, 3.63) is 35.4 Å². The average Bonchev–Trinajstić information content (AvgIpc) is 3.44. The Balaban J connectivity index is 1.51. The second-order valence-electron chi connectivity index (χ2n) is 9.13. The summed E-state index contributed by atoms with van der Waals surface area (Å²) in [7, 11) is 0. The lowest BCUT2D eigenvalue weighted by atomic mass is 9.72. The molecule has 1 unspecified atom stereocenters. The lowest BCUT2D eigenvalue weighted by Gasteiger charge is -2.41. The summed E-state index contributed by atoms with van der Waals surface area (Å²) in [4.78, 5) is 27.6. The van der Waals surface area contributed by atoms with Crippen molar-refractivity contribution in [2.75, 3.05) is 19.7 Å². The first-order valence-corrected chi connectivity index (χ1v) is 10.8. The number of hydrogen-bond acceptors (Lipinski definition) is 3. The van der Waals surface area contributed by atoms with Crippen LogP contribution in [0.5, 0.6) is 0 Å². The lowest BCUT2D eigenvalue weighted by Crippen LogP contribution is -2.49. The minimum Gasteiger partial charge on any atom is -0.466 e. The summed E-state index contributed by atoms with van der Waals surface area (Å²) < 4.78 is 45.7. The molecule has 0 radical (unpaired) electrons. The quantitative estimate of drug-likeness (QED) is 0.650. The van der Waals surface area contributed by atoms with Crippen LogP contribution < -0.4 is 0 Å². The first-order valence-electron chi connectivity index (χ1n) is 10.8. The van der Waals surface area contributed by atoms with Gasteiger partial charge in [0.1, 0.15) is 0 Å². The second-order valence-corrected chi connectivity index (χ2v) is 9.13. The number of rotatable bonds is 5. The number of hydrogen-bond donors (Lipinski definition) is 0. The van der Waals surface area contributed by atoms with Crippen molar-refractivity contribution in [2.45, 2.75) is 58.0 Å². The van der Waals surface area contributed by atoms with E-state index in [2.05, 4.69) is 0 Å². The molecule has 1 saturated heterocycles. The zero-order chi connectivity index (χ0) is 21.6. The molecule has 1 spiro atoms. The van der Waals surface area contributed by atoms with Crippen LogP contribution in [0.25, 0.3) is 0 Å². The van der Waals surface area contributed by atoms with Crippen LogP contribution in [-0.4, -0.2) is 36.5 Å². The molecule has 2 saturated carbocycles. The number of benzene rings is 1. The molecule has 1 amide bonds. The maximum absolute atomic E-state index is 13.5. The number of piperidine rings is 1. The van der Waals surface area contributed by atoms with Gasteiger partial charge in [0.2, 0.25) is 5.91 Å². The SMILES string of the molecule is CCOC(=O)C1(Cc2ccccc2C(F)(F)F)CCN(C(=O)C2CC23CCC3)CC1. The van der Waals surface area contributed by atoms with E-state index in [9.17, 15) is 22.8 Å². The molecule has 3 aliphatic rings. The number of likely N-dealkylation sites (tertiary alicyclic amines) is 1. The monoisotopic (exact) mass is 423 g/mol. The van der Waals surface area contributed by atoms with Crippen LogP contribution in [-0.2, 0) is 26.9 Å². The molecule has 1 heterocycles. The Hall–Kier alpha value is -2.05. The van der Waals surface area contributed by atoms with Gasteiger partial charge in [-0.05, 0) is 62.5 Å². The highest BCUT2D eigenvalue weighted by Gasteiger charge is 2.62. The second kappa shape index (κ2) is 7.57. The molecule has 1 aromatic carbocycles. The fourth-order valence-electron chi connectivity index (χ4n) is 5.31. The van der Waals surface area contributed by atoms with Crippen molar-refractivity contribution in [1.29, 1.82) is 0 Å². The van der Waals surface area contributed by atoms with Gasteiger partial charge < -0.3 is 9.64 Å². The summed E-state index contributed by atoms with van der Waals surface area (Å²) in [5.74, 6) is -0.203. The lowest BCUT2D eigenvalue weighted by molar-refractivity contribution is -0.161. The van der Waals surface area contributed by atoms with E-state index in [0.29, 0.717) is 25.9 Å². The number of carbonyl (C=O) groups excluding carboxylic acids is 2. The van der Waals surface area contributed by atoms with E-state index >= 15 is 0 Å². The largest absolute Gasteiger partial charge is 0.466 e. The summed E-state index contributed by atoms with van der Waals surface area (Å²) in [5, 5.41) is 0. The predicted octanol–water partition coefficient (Wildman–Crippen LogP) is 4.61. The van der Waals surface area contributed by atoms with Gasteiger partial charge in [-0.3, -0.25) is 9.59 Å². The number of nitrogens with zero attached hydrogens (tertiary/aromatic N) is 1. The van der Waals surface area contributed by atoms with E-state index in [4.69, 9.17) is 4.74 Å². The summed E-state index contributed by atoms with van der Waals surface area (Å²) in [6.07, 6.45) is 0.533. The summed E-state index contributed by atoms with van der Waals surface area (Å²) in [6, 6.07) is 5.41. The Kier molecular flexibility index (Phi) is 5.35. The maximum atomic E-state index is 13.5. The highest BCUT2D eigenvalue weighted by molar-refractivity contribution is 5.84. The minimum atomic E-state index is -4.48. The molecule has 0 N–H and O–H groups in total. The number of halogens is 3. The zero-order valence-corrected chi connectivity index (χ0v) is 17.3. The van der Waals surface area contributed by atoms with Crippen LogP contribution >= 0.6 is 0 Å². The van der Waals surface area contributed by atoms with E-state index < -0.39 is 23.1 Å². The number of carbonyl (C=O) groups is 2. The molecule has 3 fully saturated rings. The molecule has 4 rings (SSSR count). The Morgan fingerprint density at radius 2 is 1.80 bits per heavy atom. The van der Waals surface area contributed by atoms with Gasteiger partial charge in [0.15, 0.2) is 0 Å². The Labute approximate surface area is 174 Å². The number of alkyl halides is 3. The third-order valence-corrected chi connectivity index (χ3v) is 7.43. The molecule has 1 aromatic rings. The van der Waals surface area contributed by atoms with Gasteiger partial charge in [-0.25, -0.2) is 0 Å². The smallest absolute Gasteiger partial charge is 0.416 e. The summed E-state index contributed by atoms with van der Waals surface area (Å²) >= 11 is 0. The van der Waals surface area contributed by atoms with Gasteiger partial charge in [-0.15, -0.1) is 0 Å². The van der Waals surface area contributed by atoms with Crippen molar-refractivity contribution in [2.24, 2.45) is 16.7 Å². The molecule has 0 bridgehead atoms. The third-order valence-electron chi connectivity index (χ3n) is 7.43. The maximum Gasteiger partial charge on any atom is 0.416 e. The first-order chi connectivity index (χ1) is 14.2. The van der Waals surface area contributed by atoms with Crippen LogP contribution in [0.3, 0.4) is 0 Å². The number of ether oxygens (including phenoxy) is 1. The molecular formula is C23H28F3NO3. The van der Waals surface area contributed by atoms with Crippen LogP contribution in [0, 0.1) is 16.7 Å². The van der Waals surface area contributed by atoms with Crippen molar-refractivity contribution in [1.82, 2.24) is 4.90 Å². The van der Waals surface area contributed by atoms with E-state index in [0.717, 1.165) is 25.3 Å². The van der Waals surface area contributed by atoms with Gasteiger partial charge in [0, 0.05) is 19.0 Å². The highest BCUT2D eigenvalue weighted by Crippen LogP contribution is 2.66. The van der Waals surface area contributed by atoms with Gasteiger partial charge in [0.05, 0.1) is 17.6 Å². The average molecular weight is 423 g/mol. The van der Waals surface area contributed by atoms with E-state index in [1.165, 1.54) is 18.6 Å². The van der Waals surface area contributed by atoms with E-state index in [1.807, 2.05) is 4.90 Å². The van der Waals surface area contributed by atoms with Gasteiger partial charge in [-0.1, -0.05) is 24.6 Å². The number of esters is 1. The Morgan fingerprint density at radius 3 is 2.33 bits per heavy atom. The third kappa shape index (κ3) is 3.71. The van der Waals surface area contributed by atoms with Gasteiger partial charge in [0.25, 0.3) is 0 Å². The van der Waals surface area contributed by atoms with Crippen molar-refractivity contribution in [3.63, 3.8) is 0 Å². The summed E-state index contributed by atoms with van der Waals surface area (Å²) in [5.41, 5.74) is -1.41. The minimum absolute atomic E-state index is 0.0308. The van der Waals surface area contributed by atoms with E-state index in [-0.39, 0.29) is 35.8 Å². The fourth-order valence-corrected chi connectivity index (χ4v) is 5.31. The Bertz CT molecular complexity index is 823. The molecule has 1 atom stereocenters. The van der Waals surface area contributed by atoms with Crippen LogP contribution in [0.1, 0.15) is 56.6 Å². The molecule has 7 heteroatoms. The molecular weight excluding hydrogens is 395 g/mol. The van der Waals surface area contributed by atoms with Gasteiger partial charge >= 0.3 is 12.1 Å². The standard InChI is InChI=1S/C23H28F3NO3/c1-2-30-20(29)22(14-16-6-3-4-7-17(16)23(24,25)26)10-12-27(13-11-22)19(28)18-15-21(18)8-5-9-21/h3-4,6-7,18H,2,5,8-15H2,1H3.